The zero-order chi connectivity index (χ0) is 16.4. The summed E-state index contributed by atoms with van der Waals surface area (Å²) in [6.45, 7) is 5.47. The number of carbonyl (C=O) groups excluding carboxylic acids is 2. The number of nitrogens with one attached hydrogen (secondary N) is 1. The van der Waals surface area contributed by atoms with E-state index in [2.05, 4.69) is 12.2 Å². The van der Waals surface area contributed by atoms with Gasteiger partial charge in [-0.2, -0.15) is 0 Å². The fourth-order valence-electron chi connectivity index (χ4n) is 3.13. The van der Waals surface area contributed by atoms with Gasteiger partial charge in [0.1, 0.15) is 0 Å². The van der Waals surface area contributed by atoms with E-state index in [-0.39, 0.29) is 11.8 Å². The zero-order valence-electron chi connectivity index (χ0n) is 13.7. The molecule has 0 aromatic heterocycles. The molecule has 4 nitrogen and oxygen atoms in total. The maximum Gasteiger partial charge on any atom is 0.261 e. The number of nitrogens with zero attached hydrogens (tertiary/aromatic N) is 1. The van der Waals surface area contributed by atoms with Gasteiger partial charge in [-0.15, -0.1) is 0 Å². The molecule has 1 heterocycles. The lowest BCUT2D eigenvalue weighted by atomic mass is 9.93. The molecule has 0 saturated carbocycles. The van der Waals surface area contributed by atoms with Crippen LogP contribution in [0.5, 0.6) is 0 Å². The Labute approximate surface area is 136 Å². The molecule has 2 amide bonds. The average molecular weight is 310 g/mol. The van der Waals surface area contributed by atoms with Gasteiger partial charge in [-0.25, -0.2) is 0 Å². The molecular formula is C19H22N2O2. The Bertz CT molecular complexity index is 745. The fourth-order valence-corrected chi connectivity index (χ4v) is 3.13. The van der Waals surface area contributed by atoms with Crippen molar-refractivity contribution >= 4 is 28.3 Å². The van der Waals surface area contributed by atoms with Crippen molar-refractivity contribution in [3.05, 3.63) is 41.5 Å². The Morgan fingerprint density at radius 2 is 1.70 bits per heavy atom. The van der Waals surface area contributed by atoms with Crippen molar-refractivity contribution in [3.63, 3.8) is 0 Å². The minimum Gasteiger partial charge on any atom is -0.385 e. The highest BCUT2D eigenvalue weighted by Gasteiger charge is 2.32. The number of rotatable bonds is 6. The van der Waals surface area contributed by atoms with Crippen molar-refractivity contribution in [1.82, 2.24) is 4.90 Å². The Kier molecular flexibility index (Phi) is 4.33. The second-order valence-electron chi connectivity index (χ2n) is 5.93. The predicted octanol–water partition coefficient (Wildman–Crippen LogP) is 4.06. The van der Waals surface area contributed by atoms with E-state index < -0.39 is 0 Å². The van der Waals surface area contributed by atoms with E-state index in [1.54, 1.807) is 0 Å². The van der Waals surface area contributed by atoms with Gasteiger partial charge in [0.25, 0.3) is 11.8 Å². The number of amides is 2. The summed E-state index contributed by atoms with van der Waals surface area (Å²) in [5.74, 6) is -0.360. The molecule has 3 rings (SSSR count). The van der Waals surface area contributed by atoms with Crippen molar-refractivity contribution in [3.8, 4) is 0 Å². The normalized spacial score (nSPS) is 13.7. The van der Waals surface area contributed by atoms with Crippen LogP contribution >= 0.6 is 0 Å². The highest BCUT2D eigenvalue weighted by molar-refractivity contribution is 6.26. The van der Waals surface area contributed by atoms with Crippen LogP contribution in [0.25, 0.3) is 10.8 Å². The van der Waals surface area contributed by atoms with Crippen LogP contribution < -0.4 is 5.32 Å². The Hall–Kier alpha value is -2.36. The molecule has 4 heteroatoms. The lowest BCUT2D eigenvalue weighted by molar-refractivity contribution is 0.0611. The second kappa shape index (κ2) is 6.41. The number of anilines is 1. The predicted molar refractivity (Wildman–Crippen MR) is 93.0 cm³/mol. The van der Waals surface area contributed by atoms with Crippen LogP contribution in [0.1, 0.15) is 53.8 Å². The molecule has 2 aromatic carbocycles. The Balaban J connectivity index is 2.12. The summed E-state index contributed by atoms with van der Waals surface area (Å²) in [5.41, 5.74) is 2.25. The smallest absolute Gasteiger partial charge is 0.261 e. The Morgan fingerprint density at radius 1 is 0.957 bits per heavy atom. The third kappa shape index (κ3) is 2.58. The van der Waals surface area contributed by atoms with Crippen molar-refractivity contribution < 1.29 is 9.59 Å². The van der Waals surface area contributed by atoms with Gasteiger partial charge in [-0.05, 0) is 31.0 Å². The number of carbonyl (C=O) groups is 2. The van der Waals surface area contributed by atoms with Gasteiger partial charge >= 0.3 is 0 Å². The summed E-state index contributed by atoms with van der Waals surface area (Å²) < 4.78 is 0. The quantitative estimate of drug-likeness (QED) is 0.646. The van der Waals surface area contributed by atoms with Crippen LogP contribution in [-0.2, 0) is 0 Å². The highest BCUT2D eigenvalue weighted by Crippen LogP contribution is 2.34. The topological polar surface area (TPSA) is 49.4 Å². The summed E-state index contributed by atoms with van der Waals surface area (Å²) in [6, 6.07) is 9.49. The summed E-state index contributed by atoms with van der Waals surface area (Å²) in [5, 5.41) is 5.16. The van der Waals surface area contributed by atoms with Crippen LogP contribution in [0.4, 0.5) is 5.69 Å². The largest absolute Gasteiger partial charge is 0.385 e. The van der Waals surface area contributed by atoms with E-state index in [1.807, 2.05) is 37.3 Å². The standard InChI is InChI=1S/C19H22N2O2/c1-3-5-11-20-16-10-9-15-17-13(16)7-6-8-14(17)18(22)21(12-4-2)19(15)23/h6-10,20H,3-5,11-12H2,1-2H3. The molecule has 0 saturated heterocycles. The molecule has 0 aliphatic carbocycles. The van der Waals surface area contributed by atoms with Gasteiger partial charge in [-0.1, -0.05) is 32.4 Å². The Morgan fingerprint density at radius 3 is 2.39 bits per heavy atom. The van der Waals surface area contributed by atoms with E-state index >= 15 is 0 Å². The van der Waals surface area contributed by atoms with Crippen LogP contribution in [0.2, 0.25) is 0 Å². The van der Waals surface area contributed by atoms with Gasteiger partial charge in [0.05, 0.1) is 0 Å². The van der Waals surface area contributed by atoms with Gasteiger partial charge in [-0.3, -0.25) is 14.5 Å². The van der Waals surface area contributed by atoms with Gasteiger partial charge in [0.2, 0.25) is 0 Å². The first kappa shape index (κ1) is 15.5. The maximum absolute atomic E-state index is 12.7. The van der Waals surface area contributed by atoms with Gasteiger partial charge in [0, 0.05) is 40.7 Å². The fraction of sp³-hybridized carbons (Fsp3) is 0.368. The number of imide groups is 1. The molecule has 0 spiro atoms. The molecule has 1 aliphatic heterocycles. The molecule has 2 aromatic rings. The third-order valence-corrected chi connectivity index (χ3v) is 4.28. The minimum atomic E-state index is -0.180. The zero-order valence-corrected chi connectivity index (χ0v) is 13.7. The van der Waals surface area contributed by atoms with E-state index in [0.717, 1.165) is 42.3 Å². The summed E-state index contributed by atoms with van der Waals surface area (Å²) in [6.07, 6.45) is 2.97. The average Bonchev–Trinajstić information content (AvgIpc) is 2.57. The van der Waals surface area contributed by atoms with E-state index in [0.29, 0.717) is 17.7 Å². The maximum atomic E-state index is 12.7. The first-order chi connectivity index (χ1) is 11.2. The third-order valence-electron chi connectivity index (χ3n) is 4.28. The van der Waals surface area contributed by atoms with Crippen molar-refractivity contribution in [1.29, 1.82) is 0 Å². The van der Waals surface area contributed by atoms with E-state index in [9.17, 15) is 9.59 Å². The number of hydrogen-bond acceptors (Lipinski definition) is 3. The highest BCUT2D eigenvalue weighted by atomic mass is 16.2. The molecule has 0 bridgehead atoms. The van der Waals surface area contributed by atoms with E-state index in [1.165, 1.54) is 4.90 Å². The lowest BCUT2D eigenvalue weighted by Gasteiger charge is -2.27. The molecule has 0 atom stereocenters. The van der Waals surface area contributed by atoms with Gasteiger partial charge < -0.3 is 5.32 Å². The number of unbranched alkanes of at least 4 members (excludes halogenated alkanes) is 1. The number of hydrogen-bond donors (Lipinski definition) is 1. The first-order valence-corrected chi connectivity index (χ1v) is 8.34. The van der Waals surface area contributed by atoms with Gasteiger partial charge in [0.15, 0.2) is 0 Å². The number of benzene rings is 2. The van der Waals surface area contributed by atoms with Crippen LogP contribution in [0.3, 0.4) is 0 Å². The second-order valence-corrected chi connectivity index (χ2v) is 5.93. The molecule has 1 aliphatic rings. The summed E-state index contributed by atoms with van der Waals surface area (Å²) in [7, 11) is 0. The van der Waals surface area contributed by atoms with Crippen molar-refractivity contribution in [2.45, 2.75) is 33.1 Å². The SMILES string of the molecule is CCCCNc1ccc2c3c(cccc13)C(=O)N(CCC)C2=O. The molecule has 1 N–H and O–H groups in total. The summed E-state index contributed by atoms with van der Waals surface area (Å²) >= 11 is 0. The van der Waals surface area contributed by atoms with Crippen LogP contribution in [0.15, 0.2) is 30.3 Å². The molecule has 0 fully saturated rings. The van der Waals surface area contributed by atoms with Crippen LogP contribution in [0, 0.1) is 0 Å². The van der Waals surface area contributed by atoms with Crippen LogP contribution in [-0.4, -0.2) is 29.8 Å². The molecule has 0 radical (unpaired) electrons. The van der Waals surface area contributed by atoms with Crippen molar-refractivity contribution in [2.24, 2.45) is 0 Å². The molecule has 120 valence electrons. The van der Waals surface area contributed by atoms with E-state index in [4.69, 9.17) is 0 Å². The molecular weight excluding hydrogens is 288 g/mol. The lowest BCUT2D eigenvalue weighted by Crippen LogP contribution is -2.40. The molecule has 23 heavy (non-hydrogen) atoms. The summed E-state index contributed by atoms with van der Waals surface area (Å²) in [4.78, 5) is 26.7. The first-order valence-electron chi connectivity index (χ1n) is 8.34. The minimum absolute atomic E-state index is 0.180. The monoisotopic (exact) mass is 310 g/mol. The molecule has 0 unspecified atom stereocenters. The van der Waals surface area contributed by atoms with Crippen molar-refractivity contribution in [2.75, 3.05) is 18.4 Å².